The van der Waals surface area contributed by atoms with E-state index in [2.05, 4.69) is 29.3 Å². The van der Waals surface area contributed by atoms with Crippen molar-refractivity contribution < 1.29 is 14.3 Å². The minimum Gasteiger partial charge on any atom is -0.490 e. The molecule has 1 atom stereocenters. The molecule has 0 spiro atoms. The molecule has 2 aliphatic rings. The summed E-state index contributed by atoms with van der Waals surface area (Å²) in [6.45, 7) is 10.6. The molecule has 1 amide bonds. The highest BCUT2D eigenvalue weighted by Gasteiger charge is 2.19. The Morgan fingerprint density at radius 3 is 2.70 bits per heavy atom. The van der Waals surface area contributed by atoms with E-state index in [4.69, 9.17) is 9.47 Å². The molecule has 0 saturated carbocycles. The Labute approximate surface area is 162 Å². The molecule has 6 nitrogen and oxygen atoms in total. The van der Waals surface area contributed by atoms with Crippen LogP contribution in [0.3, 0.4) is 0 Å². The van der Waals surface area contributed by atoms with Gasteiger partial charge in [-0.2, -0.15) is 0 Å². The second kappa shape index (κ2) is 9.95. The first-order valence-electron chi connectivity index (χ1n) is 10.3. The van der Waals surface area contributed by atoms with Crippen LogP contribution in [0.2, 0.25) is 0 Å². The maximum absolute atomic E-state index is 12.3. The number of amides is 1. The zero-order valence-corrected chi connectivity index (χ0v) is 16.7. The third kappa shape index (κ3) is 5.84. The number of nitrogens with zero attached hydrogens (tertiary/aromatic N) is 2. The smallest absolute Gasteiger partial charge is 0.260 e. The zero-order chi connectivity index (χ0) is 19.1. The second-order valence-electron chi connectivity index (χ2n) is 7.53. The lowest BCUT2D eigenvalue weighted by molar-refractivity contribution is -0.134. The lowest BCUT2D eigenvalue weighted by Gasteiger charge is -2.32. The Hall–Kier alpha value is -1.79. The van der Waals surface area contributed by atoms with Gasteiger partial charge in [0, 0.05) is 45.3 Å². The lowest BCUT2D eigenvalue weighted by Crippen LogP contribution is -2.48. The molecular formula is C21H33N3O3. The fraction of sp³-hybridized carbons (Fsp3) is 0.667. The number of ether oxygens (including phenoxy) is 2. The summed E-state index contributed by atoms with van der Waals surface area (Å²) in [7, 11) is 0. The fourth-order valence-corrected chi connectivity index (χ4v) is 3.83. The molecular weight excluding hydrogens is 342 g/mol. The average molecular weight is 376 g/mol. The zero-order valence-electron chi connectivity index (χ0n) is 16.7. The van der Waals surface area contributed by atoms with Crippen LogP contribution in [-0.2, 0) is 11.3 Å². The van der Waals surface area contributed by atoms with Gasteiger partial charge in [0.2, 0.25) is 0 Å². The van der Waals surface area contributed by atoms with Gasteiger partial charge in [-0.25, -0.2) is 0 Å². The summed E-state index contributed by atoms with van der Waals surface area (Å²) in [4.78, 5) is 16.7. The van der Waals surface area contributed by atoms with Crippen LogP contribution in [0.5, 0.6) is 11.5 Å². The third-order valence-corrected chi connectivity index (χ3v) is 5.23. The normalized spacial score (nSPS) is 21.1. The Morgan fingerprint density at radius 2 is 1.96 bits per heavy atom. The number of benzene rings is 1. The molecule has 2 heterocycles. The van der Waals surface area contributed by atoms with Crippen LogP contribution in [0.25, 0.3) is 0 Å². The minimum atomic E-state index is 0.0658. The number of carbonyl (C=O) groups excluding carboxylic acids is 1. The lowest BCUT2D eigenvalue weighted by atomic mass is 10.1. The van der Waals surface area contributed by atoms with Gasteiger partial charge < -0.3 is 19.7 Å². The maximum Gasteiger partial charge on any atom is 0.260 e. The van der Waals surface area contributed by atoms with Crippen molar-refractivity contribution >= 4 is 5.91 Å². The molecule has 0 unspecified atom stereocenters. The van der Waals surface area contributed by atoms with E-state index in [-0.39, 0.29) is 12.5 Å². The van der Waals surface area contributed by atoms with Crippen LogP contribution in [0.4, 0.5) is 0 Å². The largest absolute Gasteiger partial charge is 0.490 e. The molecule has 150 valence electrons. The number of rotatable bonds is 7. The van der Waals surface area contributed by atoms with Crippen molar-refractivity contribution in [1.29, 1.82) is 0 Å². The molecule has 0 radical (unpaired) electrons. The number of piperazine rings is 1. The quantitative estimate of drug-likeness (QED) is 0.792. The average Bonchev–Trinajstić information content (AvgIpc) is 2.68. The SMILES string of the molecule is CCOc1cc(CN2CCN[C@H](C)C2)ccc1OCC(=O)N1CCCCC1. The number of carbonyl (C=O) groups is 1. The minimum absolute atomic E-state index is 0.0658. The van der Waals surface area contributed by atoms with Gasteiger partial charge in [0.15, 0.2) is 18.1 Å². The van der Waals surface area contributed by atoms with Crippen LogP contribution in [-0.4, -0.2) is 67.7 Å². The van der Waals surface area contributed by atoms with Crippen molar-refractivity contribution in [3.05, 3.63) is 23.8 Å². The molecule has 1 aromatic carbocycles. The fourth-order valence-electron chi connectivity index (χ4n) is 3.83. The summed E-state index contributed by atoms with van der Waals surface area (Å²) >= 11 is 0. The van der Waals surface area contributed by atoms with Crippen molar-refractivity contribution in [2.24, 2.45) is 0 Å². The topological polar surface area (TPSA) is 54.0 Å². The molecule has 1 N–H and O–H groups in total. The first kappa shape index (κ1) is 20.0. The van der Waals surface area contributed by atoms with Crippen LogP contribution in [0.1, 0.15) is 38.7 Å². The van der Waals surface area contributed by atoms with E-state index in [0.717, 1.165) is 57.9 Å². The van der Waals surface area contributed by atoms with E-state index < -0.39 is 0 Å². The molecule has 0 bridgehead atoms. The number of nitrogens with one attached hydrogen (secondary N) is 1. The summed E-state index contributed by atoms with van der Waals surface area (Å²) in [5, 5.41) is 3.47. The van der Waals surface area contributed by atoms with E-state index in [1.165, 1.54) is 12.0 Å². The van der Waals surface area contributed by atoms with E-state index in [0.29, 0.717) is 18.4 Å². The molecule has 6 heteroatoms. The molecule has 2 saturated heterocycles. The second-order valence-corrected chi connectivity index (χ2v) is 7.53. The standard InChI is InChI=1S/C21H33N3O3/c1-3-26-20-13-18(15-23-12-9-22-17(2)14-23)7-8-19(20)27-16-21(25)24-10-5-4-6-11-24/h7-8,13,17,22H,3-6,9-12,14-16H2,1-2H3/t17-/m1/s1. The Kier molecular flexibility index (Phi) is 7.35. The first-order valence-corrected chi connectivity index (χ1v) is 10.3. The Morgan fingerprint density at radius 1 is 1.15 bits per heavy atom. The molecule has 2 fully saturated rings. The number of hydrogen-bond acceptors (Lipinski definition) is 5. The highest BCUT2D eigenvalue weighted by Crippen LogP contribution is 2.29. The van der Waals surface area contributed by atoms with Gasteiger partial charge >= 0.3 is 0 Å². The number of hydrogen-bond donors (Lipinski definition) is 1. The molecule has 3 rings (SSSR count). The Bertz CT molecular complexity index is 617. The molecule has 1 aromatic rings. The van der Waals surface area contributed by atoms with Gasteiger partial charge in [0.25, 0.3) is 5.91 Å². The molecule has 27 heavy (non-hydrogen) atoms. The summed E-state index contributed by atoms with van der Waals surface area (Å²) in [5.74, 6) is 1.44. The predicted molar refractivity (Wildman–Crippen MR) is 106 cm³/mol. The van der Waals surface area contributed by atoms with Gasteiger partial charge in [-0.3, -0.25) is 9.69 Å². The summed E-state index contributed by atoms with van der Waals surface area (Å²) in [6.07, 6.45) is 3.40. The Balaban J connectivity index is 1.59. The van der Waals surface area contributed by atoms with Crippen molar-refractivity contribution in [1.82, 2.24) is 15.1 Å². The highest BCUT2D eigenvalue weighted by molar-refractivity contribution is 5.78. The van der Waals surface area contributed by atoms with Crippen LogP contribution >= 0.6 is 0 Å². The van der Waals surface area contributed by atoms with Crippen LogP contribution in [0.15, 0.2) is 18.2 Å². The molecule has 0 aliphatic carbocycles. The van der Waals surface area contributed by atoms with E-state index >= 15 is 0 Å². The van der Waals surface area contributed by atoms with Crippen molar-refractivity contribution in [2.45, 2.75) is 45.7 Å². The van der Waals surface area contributed by atoms with Gasteiger partial charge in [-0.05, 0) is 50.8 Å². The van der Waals surface area contributed by atoms with Crippen molar-refractivity contribution in [2.75, 3.05) is 45.9 Å². The monoisotopic (exact) mass is 375 g/mol. The van der Waals surface area contributed by atoms with Crippen molar-refractivity contribution in [3.8, 4) is 11.5 Å². The molecule has 2 aliphatic heterocycles. The predicted octanol–water partition coefficient (Wildman–Crippen LogP) is 2.27. The van der Waals surface area contributed by atoms with E-state index in [9.17, 15) is 4.79 Å². The molecule has 0 aromatic heterocycles. The first-order chi connectivity index (χ1) is 13.2. The van der Waals surface area contributed by atoms with Crippen LogP contribution < -0.4 is 14.8 Å². The number of piperidine rings is 1. The van der Waals surface area contributed by atoms with Crippen LogP contribution in [0, 0.1) is 0 Å². The van der Waals surface area contributed by atoms with Gasteiger partial charge in [-0.15, -0.1) is 0 Å². The van der Waals surface area contributed by atoms with E-state index in [1.54, 1.807) is 0 Å². The van der Waals surface area contributed by atoms with Crippen molar-refractivity contribution in [3.63, 3.8) is 0 Å². The van der Waals surface area contributed by atoms with Gasteiger partial charge in [-0.1, -0.05) is 6.07 Å². The summed E-state index contributed by atoms with van der Waals surface area (Å²) in [5.41, 5.74) is 1.21. The van der Waals surface area contributed by atoms with E-state index in [1.807, 2.05) is 17.9 Å². The summed E-state index contributed by atoms with van der Waals surface area (Å²) in [6, 6.07) is 6.59. The third-order valence-electron chi connectivity index (χ3n) is 5.23. The maximum atomic E-state index is 12.3. The summed E-state index contributed by atoms with van der Waals surface area (Å²) < 4.78 is 11.6. The highest BCUT2D eigenvalue weighted by atomic mass is 16.5. The van der Waals surface area contributed by atoms with Gasteiger partial charge in [0.05, 0.1) is 6.61 Å². The van der Waals surface area contributed by atoms with Gasteiger partial charge in [0.1, 0.15) is 0 Å². The number of likely N-dealkylation sites (tertiary alicyclic amines) is 1.